The Labute approximate surface area is 227 Å². The van der Waals surface area contributed by atoms with E-state index in [4.69, 9.17) is 19.4 Å². The average Bonchev–Trinajstić information content (AvgIpc) is 3.38. The quantitative estimate of drug-likeness (QED) is 0.456. The molecule has 5 heterocycles. The molecule has 9 nitrogen and oxygen atoms in total. The molecule has 1 N–H and O–H groups in total. The maximum atomic E-state index is 14.1. The Kier molecular flexibility index (Phi) is 8.17. The molecule has 3 aromatic rings. The number of nitrogens with one attached hydrogen (secondary N) is 1. The zero-order chi connectivity index (χ0) is 26.6. The molecule has 0 saturated carbocycles. The van der Waals surface area contributed by atoms with Crippen LogP contribution in [0.3, 0.4) is 0 Å². The normalized spacial score (nSPS) is 20.2. The summed E-state index contributed by atoms with van der Waals surface area (Å²) < 4.78 is 40.7. The van der Waals surface area contributed by atoms with Crippen LogP contribution in [0.2, 0.25) is 0 Å². The predicted molar refractivity (Wildman–Crippen MR) is 146 cm³/mol. The number of para-hydroxylation sites is 2. The number of aromatic nitrogens is 4. The summed E-state index contributed by atoms with van der Waals surface area (Å²) in [7, 11) is 0. The number of hydrogen-bond acceptors (Lipinski definition) is 8. The van der Waals surface area contributed by atoms with Gasteiger partial charge >= 0.3 is 0 Å². The van der Waals surface area contributed by atoms with Gasteiger partial charge in [0.15, 0.2) is 5.82 Å². The summed E-state index contributed by atoms with van der Waals surface area (Å²) in [6, 6.07) is 8.95. The van der Waals surface area contributed by atoms with Crippen molar-refractivity contribution in [3.05, 3.63) is 36.2 Å². The summed E-state index contributed by atoms with van der Waals surface area (Å²) in [6.45, 7) is 8.49. The van der Waals surface area contributed by atoms with Crippen LogP contribution in [0.4, 0.5) is 20.5 Å². The molecule has 0 bridgehead atoms. The number of piperidine rings is 1. The lowest BCUT2D eigenvalue weighted by atomic mass is 9.94. The highest BCUT2D eigenvalue weighted by Crippen LogP contribution is 2.29. The van der Waals surface area contributed by atoms with Gasteiger partial charge in [0.2, 0.25) is 5.95 Å². The minimum Gasteiger partial charge on any atom is -0.381 e. The first-order valence-electron chi connectivity index (χ1n) is 14.2. The Morgan fingerprint density at radius 3 is 2.33 bits per heavy atom. The first-order valence-corrected chi connectivity index (χ1v) is 14.2. The molecule has 11 heteroatoms. The van der Waals surface area contributed by atoms with Gasteiger partial charge in [-0.25, -0.2) is 13.8 Å². The van der Waals surface area contributed by atoms with Crippen molar-refractivity contribution in [1.82, 2.24) is 24.4 Å². The van der Waals surface area contributed by atoms with E-state index in [9.17, 15) is 8.78 Å². The van der Waals surface area contributed by atoms with Crippen molar-refractivity contribution in [2.45, 2.75) is 32.1 Å². The van der Waals surface area contributed by atoms with E-state index in [1.165, 1.54) is 24.0 Å². The van der Waals surface area contributed by atoms with Gasteiger partial charge < -0.3 is 24.6 Å². The minimum atomic E-state index is -2.73. The highest BCUT2D eigenvalue weighted by Gasteiger charge is 2.25. The number of ether oxygens (including phenoxy) is 2. The second-order valence-corrected chi connectivity index (χ2v) is 10.8. The largest absolute Gasteiger partial charge is 0.381 e. The zero-order valence-electron chi connectivity index (χ0n) is 22.3. The molecular weight excluding hydrogens is 504 g/mol. The maximum Gasteiger partial charge on any atom is 0.296 e. The van der Waals surface area contributed by atoms with Gasteiger partial charge in [-0.05, 0) is 62.7 Å². The van der Waals surface area contributed by atoms with Crippen molar-refractivity contribution in [2.24, 2.45) is 11.8 Å². The van der Waals surface area contributed by atoms with E-state index in [1.807, 2.05) is 6.07 Å². The van der Waals surface area contributed by atoms with E-state index < -0.39 is 6.43 Å². The third-order valence-electron chi connectivity index (χ3n) is 8.16. The Morgan fingerprint density at radius 2 is 1.56 bits per heavy atom. The number of hydrogen-bond donors (Lipinski definition) is 1. The van der Waals surface area contributed by atoms with E-state index in [-0.39, 0.29) is 5.82 Å². The molecule has 3 saturated heterocycles. The third-order valence-corrected chi connectivity index (χ3v) is 8.16. The lowest BCUT2D eigenvalue weighted by Gasteiger charge is -2.35. The van der Waals surface area contributed by atoms with E-state index >= 15 is 0 Å². The number of fused-ring (bicyclic) bond motifs is 1. The standard InChI is InChI=1S/C28H37F2N7O2/c29-26(30)27-32-22-3-1-2-4-23(22)37(27)25-17-24(36-11-15-39-16-12-36)33-28(34-25)31-18-20-5-9-35(10-6-20)19-21-7-13-38-14-8-21/h1-4,17,20-21,26H,5-16,18-19H2,(H,31,33,34). The molecule has 3 aliphatic rings. The first kappa shape index (κ1) is 26.3. The van der Waals surface area contributed by atoms with E-state index in [0.717, 1.165) is 51.6 Å². The fourth-order valence-corrected chi connectivity index (χ4v) is 5.90. The van der Waals surface area contributed by atoms with Crippen molar-refractivity contribution in [3.8, 4) is 5.82 Å². The van der Waals surface area contributed by atoms with Crippen molar-refractivity contribution in [1.29, 1.82) is 0 Å². The summed E-state index contributed by atoms with van der Waals surface area (Å²) in [4.78, 5) is 18.5. The smallest absolute Gasteiger partial charge is 0.296 e. The van der Waals surface area contributed by atoms with Crippen molar-refractivity contribution in [3.63, 3.8) is 0 Å². The van der Waals surface area contributed by atoms with Gasteiger partial charge in [0.05, 0.1) is 24.2 Å². The molecule has 0 radical (unpaired) electrons. The molecule has 0 amide bonds. The van der Waals surface area contributed by atoms with Crippen LogP contribution in [0, 0.1) is 11.8 Å². The maximum absolute atomic E-state index is 14.1. The third kappa shape index (κ3) is 6.15. The Morgan fingerprint density at radius 1 is 0.846 bits per heavy atom. The lowest BCUT2D eigenvalue weighted by Crippen LogP contribution is -2.40. The Bertz CT molecular complexity index is 1240. The molecule has 0 atom stereocenters. The fraction of sp³-hybridized carbons (Fsp3) is 0.607. The summed E-state index contributed by atoms with van der Waals surface area (Å²) >= 11 is 0. The molecule has 1 aromatic carbocycles. The van der Waals surface area contributed by atoms with Crippen LogP contribution in [0.5, 0.6) is 0 Å². The molecule has 210 valence electrons. The number of benzene rings is 1. The second kappa shape index (κ2) is 12.1. The van der Waals surface area contributed by atoms with Crippen LogP contribution < -0.4 is 10.2 Å². The predicted octanol–water partition coefficient (Wildman–Crippen LogP) is 4.14. The first-order chi connectivity index (χ1) is 19.1. The molecule has 3 fully saturated rings. The lowest BCUT2D eigenvalue weighted by molar-refractivity contribution is 0.0472. The topological polar surface area (TPSA) is 80.6 Å². The summed E-state index contributed by atoms with van der Waals surface area (Å²) in [6.07, 6.45) is 1.84. The monoisotopic (exact) mass is 541 g/mol. The van der Waals surface area contributed by atoms with Crippen molar-refractivity contribution < 1.29 is 18.3 Å². The van der Waals surface area contributed by atoms with Gasteiger partial charge in [0.1, 0.15) is 11.6 Å². The highest BCUT2D eigenvalue weighted by atomic mass is 19.3. The molecular formula is C28H37F2N7O2. The number of morpholine rings is 1. The number of alkyl halides is 2. The number of anilines is 2. The van der Waals surface area contributed by atoms with Gasteiger partial charge in [-0.15, -0.1) is 0 Å². The number of rotatable bonds is 8. The number of nitrogens with zero attached hydrogens (tertiary/aromatic N) is 6. The van der Waals surface area contributed by atoms with Crippen LogP contribution in [-0.2, 0) is 9.47 Å². The number of imidazole rings is 1. The molecule has 0 spiro atoms. The number of halogens is 2. The SMILES string of the molecule is FC(F)c1nc2ccccc2n1-c1cc(N2CCOCC2)nc(NCC2CCN(CC3CCOCC3)CC2)n1. The van der Waals surface area contributed by atoms with E-state index in [1.54, 1.807) is 24.3 Å². The van der Waals surface area contributed by atoms with Crippen LogP contribution in [0.15, 0.2) is 30.3 Å². The summed E-state index contributed by atoms with van der Waals surface area (Å²) in [5, 5.41) is 3.45. The zero-order valence-corrected chi connectivity index (χ0v) is 22.3. The molecule has 2 aromatic heterocycles. The van der Waals surface area contributed by atoms with Gasteiger partial charge in [0.25, 0.3) is 6.43 Å². The highest BCUT2D eigenvalue weighted by molar-refractivity contribution is 5.78. The van der Waals surface area contributed by atoms with Crippen LogP contribution in [0.25, 0.3) is 16.9 Å². The van der Waals surface area contributed by atoms with E-state index in [0.29, 0.717) is 60.8 Å². The van der Waals surface area contributed by atoms with Crippen LogP contribution in [-0.4, -0.2) is 90.1 Å². The van der Waals surface area contributed by atoms with Crippen molar-refractivity contribution in [2.75, 3.05) is 75.9 Å². The fourth-order valence-electron chi connectivity index (χ4n) is 5.90. The van der Waals surface area contributed by atoms with E-state index in [2.05, 4.69) is 20.1 Å². The van der Waals surface area contributed by atoms with Crippen molar-refractivity contribution >= 4 is 22.8 Å². The van der Waals surface area contributed by atoms with Gasteiger partial charge in [-0.3, -0.25) is 4.57 Å². The van der Waals surface area contributed by atoms with Gasteiger partial charge in [-0.1, -0.05) is 12.1 Å². The van der Waals surface area contributed by atoms with Gasteiger partial charge in [0, 0.05) is 45.5 Å². The Hall–Kier alpha value is -2.89. The second-order valence-electron chi connectivity index (χ2n) is 10.8. The molecule has 6 rings (SSSR count). The van der Waals surface area contributed by atoms with Crippen LogP contribution >= 0.6 is 0 Å². The van der Waals surface area contributed by atoms with Gasteiger partial charge in [-0.2, -0.15) is 9.97 Å². The minimum absolute atomic E-state index is 0.314. The van der Waals surface area contributed by atoms with Crippen LogP contribution in [0.1, 0.15) is 37.9 Å². The molecule has 0 aliphatic carbocycles. The molecule has 0 unspecified atom stereocenters. The number of likely N-dealkylation sites (tertiary alicyclic amines) is 1. The average molecular weight is 542 g/mol. The summed E-state index contributed by atoms with van der Waals surface area (Å²) in [5.41, 5.74) is 1.11. The molecule has 3 aliphatic heterocycles. The molecule has 39 heavy (non-hydrogen) atoms. The summed E-state index contributed by atoms with van der Waals surface area (Å²) in [5.74, 6) is 2.50. The Balaban J connectivity index is 1.20.